The van der Waals surface area contributed by atoms with Gasteiger partial charge in [0, 0.05) is 19.6 Å². The van der Waals surface area contributed by atoms with Gasteiger partial charge >= 0.3 is 0 Å². The molecule has 1 unspecified atom stereocenters. The molecule has 27 heavy (non-hydrogen) atoms. The molecule has 2 aromatic rings. The van der Waals surface area contributed by atoms with Crippen molar-refractivity contribution in [1.29, 1.82) is 0 Å². The SMILES string of the molecule is CC(C)(C)c1ccccc1OCC(O)CN(CCO)Cc1ccccc1.Cl. The normalized spacial score (nSPS) is 12.5. The smallest absolute Gasteiger partial charge is 0.123 e. The topological polar surface area (TPSA) is 52.9 Å². The zero-order valence-electron chi connectivity index (χ0n) is 16.5. The molecule has 0 heterocycles. The van der Waals surface area contributed by atoms with Gasteiger partial charge in [-0.05, 0) is 22.6 Å². The molecular weight excluding hydrogens is 362 g/mol. The molecule has 0 spiro atoms. The maximum absolute atomic E-state index is 10.4. The number of aliphatic hydroxyl groups is 2. The van der Waals surface area contributed by atoms with Crippen molar-refractivity contribution >= 4 is 12.4 Å². The van der Waals surface area contributed by atoms with Crippen molar-refractivity contribution in [2.75, 3.05) is 26.3 Å². The maximum Gasteiger partial charge on any atom is 0.123 e. The van der Waals surface area contributed by atoms with Crippen molar-refractivity contribution in [2.24, 2.45) is 0 Å². The first kappa shape index (κ1) is 23.4. The molecular formula is C22H32ClNO3. The lowest BCUT2D eigenvalue weighted by molar-refractivity contribution is 0.0584. The van der Waals surface area contributed by atoms with Crippen LogP contribution in [0.2, 0.25) is 0 Å². The van der Waals surface area contributed by atoms with E-state index in [1.54, 1.807) is 0 Å². The summed E-state index contributed by atoms with van der Waals surface area (Å²) in [4.78, 5) is 2.04. The molecule has 0 aromatic heterocycles. The lowest BCUT2D eigenvalue weighted by Gasteiger charge is -2.26. The molecule has 2 N–H and O–H groups in total. The van der Waals surface area contributed by atoms with Crippen LogP contribution >= 0.6 is 12.4 Å². The van der Waals surface area contributed by atoms with Gasteiger partial charge in [0.1, 0.15) is 18.5 Å². The standard InChI is InChI=1S/C22H31NO3.ClH/c1-22(2,3)20-11-7-8-12-21(20)26-17-19(25)16-23(13-14-24)15-18-9-5-4-6-10-18;/h4-12,19,24-25H,13-17H2,1-3H3;1H. The van der Waals surface area contributed by atoms with Crippen LogP contribution in [0.5, 0.6) is 5.75 Å². The number of aliphatic hydroxyl groups excluding tert-OH is 2. The summed E-state index contributed by atoms with van der Waals surface area (Å²) in [5, 5.41) is 19.7. The molecule has 0 saturated carbocycles. The van der Waals surface area contributed by atoms with E-state index < -0.39 is 6.10 Å². The zero-order valence-corrected chi connectivity index (χ0v) is 17.3. The lowest BCUT2D eigenvalue weighted by atomic mass is 9.86. The molecule has 5 heteroatoms. The highest BCUT2D eigenvalue weighted by atomic mass is 35.5. The van der Waals surface area contributed by atoms with Crippen molar-refractivity contribution in [1.82, 2.24) is 4.90 Å². The summed E-state index contributed by atoms with van der Waals surface area (Å²) in [7, 11) is 0. The fourth-order valence-corrected chi connectivity index (χ4v) is 2.97. The van der Waals surface area contributed by atoms with Gasteiger partial charge in [-0.15, -0.1) is 12.4 Å². The summed E-state index contributed by atoms with van der Waals surface area (Å²) in [6.07, 6.45) is -0.627. The molecule has 0 saturated heterocycles. The van der Waals surface area contributed by atoms with Crippen LogP contribution in [0.4, 0.5) is 0 Å². The van der Waals surface area contributed by atoms with Crippen LogP contribution in [0.25, 0.3) is 0 Å². The molecule has 0 aliphatic rings. The Labute approximate surface area is 169 Å². The van der Waals surface area contributed by atoms with Crippen LogP contribution in [0.3, 0.4) is 0 Å². The minimum absolute atomic E-state index is 0. The number of nitrogens with zero attached hydrogens (tertiary/aromatic N) is 1. The van der Waals surface area contributed by atoms with E-state index in [0.717, 1.165) is 16.9 Å². The molecule has 2 aromatic carbocycles. The van der Waals surface area contributed by atoms with Crippen LogP contribution in [0, 0.1) is 0 Å². The lowest BCUT2D eigenvalue weighted by Crippen LogP contribution is -2.37. The molecule has 1 atom stereocenters. The maximum atomic E-state index is 10.4. The van der Waals surface area contributed by atoms with Crippen LogP contribution in [0.1, 0.15) is 31.9 Å². The Bertz CT molecular complexity index is 658. The summed E-state index contributed by atoms with van der Waals surface area (Å²) >= 11 is 0. The third-order valence-electron chi connectivity index (χ3n) is 4.26. The van der Waals surface area contributed by atoms with Gasteiger partial charge in [-0.3, -0.25) is 4.90 Å². The summed E-state index contributed by atoms with van der Waals surface area (Å²) in [6.45, 7) is 8.39. The van der Waals surface area contributed by atoms with E-state index in [2.05, 4.69) is 26.8 Å². The molecule has 0 amide bonds. The summed E-state index contributed by atoms with van der Waals surface area (Å²) in [5.74, 6) is 0.816. The Balaban J connectivity index is 0.00000364. The van der Waals surface area contributed by atoms with Crippen molar-refractivity contribution in [2.45, 2.75) is 38.8 Å². The van der Waals surface area contributed by atoms with Crippen molar-refractivity contribution in [3.8, 4) is 5.75 Å². The van der Waals surface area contributed by atoms with Gasteiger partial charge in [-0.2, -0.15) is 0 Å². The molecule has 0 aliphatic heterocycles. The molecule has 2 rings (SSSR count). The monoisotopic (exact) mass is 393 g/mol. The van der Waals surface area contributed by atoms with Gasteiger partial charge < -0.3 is 14.9 Å². The number of ether oxygens (including phenoxy) is 1. The highest BCUT2D eigenvalue weighted by molar-refractivity contribution is 5.85. The Morgan fingerprint density at radius 3 is 2.26 bits per heavy atom. The van der Waals surface area contributed by atoms with E-state index in [1.807, 2.05) is 53.4 Å². The second kappa shape index (κ2) is 11.3. The fourth-order valence-electron chi connectivity index (χ4n) is 2.97. The molecule has 0 fully saturated rings. The third kappa shape index (κ3) is 7.89. The Morgan fingerprint density at radius 1 is 1.00 bits per heavy atom. The van der Waals surface area contributed by atoms with Gasteiger partial charge in [-0.1, -0.05) is 69.3 Å². The van der Waals surface area contributed by atoms with Gasteiger partial charge in [0.05, 0.1) is 6.61 Å². The predicted octanol–water partition coefficient (Wildman–Crippen LogP) is 3.64. The fraction of sp³-hybridized carbons (Fsp3) is 0.455. The number of para-hydroxylation sites is 1. The van der Waals surface area contributed by atoms with Gasteiger partial charge in [0.15, 0.2) is 0 Å². The van der Waals surface area contributed by atoms with Gasteiger partial charge in [0.2, 0.25) is 0 Å². The highest BCUT2D eigenvalue weighted by Crippen LogP contribution is 2.30. The number of rotatable bonds is 9. The Morgan fingerprint density at radius 2 is 1.63 bits per heavy atom. The van der Waals surface area contributed by atoms with Crippen LogP contribution < -0.4 is 4.74 Å². The Kier molecular flexibility index (Phi) is 9.81. The van der Waals surface area contributed by atoms with E-state index in [1.165, 1.54) is 0 Å². The third-order valence-corrected chi connectivity index (χ3v) is 4.26. The van der Waals surface area contributed by atoms with Gasteiger partial charge in [0.25, 0.3) is 0 Å². The largest absolute Gasteiger partial charge is 0.491 e. The average molecular weight is 394 g/mol. The predicted molar refractivity (Wildman–Crippen MR) is 113 cm³/mol. The van der Waals surface area contributed by atoms with Crippen LogP contribution in [0.15, 0.2) is 54.6 Å². The molecule has 0 aliphatic carbocycles. The zero-order chi connectivity index (χ0) is 19.0. The average Bonchev–Trinajstić information content (AvgIpc) is 2.60. The first-order valence-corrected chi connectivity index (χ1v) is 9.17. The number of hydrogen-bond donors (Lipinski definition) is 2. The molecule has 0 radical (unpaired) electrons. The Hall–Kier alpha value is -1.59. The van der Waals surface area contributed by atoms with E-state index in [0.29, 0.717) is 19.6 Å². The van der Waals surface area contributed by atoms with Gasteiger partial charge in [-0.25, -0.2) is 0 Å². The van der Waals surface area contributed by atoms with E-state index in [-0.39, 0.29) is 31.0 Å². The number of halogens is 1. The first-order valence-electron chi connectivity index (χ1n) is 9.17. The minimum atomic E-state index is -0.627. The summed E-state index contributed by atoms with van der Waals surface area (Å²) < 4.78 is 5.92. The summed E-state index contributed by atoms with van der Waals surface area (Å²) in [6, 6.07) is 18.0. The number of benzene rings is 2. The second-order valence-corrected chi connectivity index (χ2v) is 7.66. The second-order valence-electron chi connectivity index (χ2n) is 7.66. The highest BCUT2D eigenvalue weighted by Gasteiger charge is 2.19. The van der Waals surface area contributed by atoms with Crippen molar-refractivity contribution in [3.05, 3.63) is 65.7 Å². The molecule has 0 bridgehead atoms. The van der Waals surface area contributed by atoms with Crippen molar-refractivity contribution in [3.63, 3.8) is 0 Å². The van der Waals surface area contributed by atoms with E-state index >= 15 is 0 Å². The van der Waals surface area contributed by atoms with Crippen LogP contribution in [-0.2, 0) is 12.0 Å². The first-order chi connectivity index (χ1) is 12.4. The molecule has 150 valence electrons. The summed E-state index contributed by atoms with van der Waals surface area (Å²) in [5.41, 5.74) is 2.27. The van der Waals surface area contributed by atoms with Crippen molar-refractivity contribution < 1.29 is 14.9 Å². The van der Waals surface area contributed by atoms with E-state index in [4.69, 9.17) is 4.74 Å². The minimum Gasteiger partial charge on any atom is -0.491 e. The quantitative estimate of drug-likeness (QED) is 0.683. The van der Waals surface area contributed by atoms with E-state index in [9.17, 15) is 10.2 Å². The molecule has 4 nitrogen and oxygen atoms in total. The van der Waals surface area contributed by atoms with Crippen LogP contribution in [-0.4, -0.2) is 47.5 Å². The number of hydrogen-bond acceptors (Lipinski definition) is 4.